The number of thioether (sulfide) groups is 1. The molecule has 0 heterocycles. The molecule has 1 rings (SSSR count). The van der Waals surface area contributed by atoms with Gasteiger partial charge in [0.25, 0.3) is 11.4 Å². The largest absolute Gasteiger partial charge is 0.462 e. The van der Waals surface area contributed by atoms with Crippen molar-refractivity contribution >= 4 is 29.1 Å². The fourth-order valence-corrected chi connectivity index (χ4v) is 2.34. The van der Waals surface area contributed by atoms with Gasteiger partial charge in [0.15, 0.2) is 0 Å². The van der Waals surface area contributed by atoms with Crippen molar-refractivity contribution in [3.63, 3.8) is 0 Å². The third-order valence-corrected chi connectivity index (χ3v) is 3.48. The lowest BCUT2D eigenvalue weighted by Gasteiger charge is -2.11. The minimum absolute atomic E-state index is 0.291. The Morgan fingerprint density at radius 3 is 2.50 bits per heavy atom. The summed E-state index contributed by atoms with van der Waals surface area (Å²) in [7, 11) is 0. The van der Waals surface area contributed by atoms with Gasteiger partial charge < -0.3 is 4.74 Å². The van der Waals surface area contributed by atoms with Crippen molar-refractivity contribution in [1.29, 1.82) is 0 Å². The van der Waals surface area contributed by atoms with Gasteiger partial charge in [-0.2, -0.15) is 0 Å². The Labute approximate surface area is 118 Å². The monoisotopic (exact) mass is 300 g/mol. The summed E-state index contributed by atoms with van der Waals surface area (Å²) in [6, 6.07) is 3.44. The Morgan fingerprint density at radius 1 is 1.35 bits per heavy atom. The van der Waals surface area contributed by atoms with Crippen molar-refractivity contribution in [2.24, 2.45) is 0 Å². The van der Waals surface area contributed by atoms with Crippen LogP contribution in [0.4, 0.5) is 11.4 Å². The first kappa shape index (κ1) is 15.9. The summed E-state index contributed by atoms with van der Waals surface area (Å²) in [5, 5.41) is 21.5. The predicted molar refractivity (Wildman–Crippen MR) is 71.7 cm³/mol. The smallest absolute Gasteiger partial charge is 0.302 e. The van der Waals surface area contributed by atoms with Gasteiger partial charge in [0.05, 0.1) is 20.8 Å². The maximum atomic E-state index is 10.9. The molecule has 0 saturated heterocycles. The minimum atomic E-state index is -0.692. The number of esters is 1. The van der Waals surface area contributed by atoms with Gasteiger partial charge in [0.2, 0.25) is 0 Å². The number of rotatable bonds is 6. The Balaban J connectivity index is 2.87. The zero-order chi connectivity index (χ0) is 15.3. The van der Waals surface area contributed by atoms with E-state index in [0.717, 1.165) is 17.8 Å². The highest BCUT2D eigenvalue weighted by Crippen LogP contribution is 2.32. The zero-order valence-electron chi connectivity index (χ0n) is 10.8. The molecule has 9 heteroatoms. The lowest BCUT2D eigenvalue weighted by Crippen LogP contribution is -2.14. The average Bonchev–Trinajstić information content (AvgIpc) is 2.35. The van der Waals surface area contributed by atoms with E-state index in [-0.39, 0.29) is 11.4 Å². The molecule has 0 radical (unpaired) electrons. The third-order valence-electron chi connectivity index (χ3n) is 2.19. The minimum Gasteiger partial charge on any atom is -0.462 e. The second-order valence-corrected chi connectivity index (χ2v) is 4.96. The van der Waals surface area contributed by atoms with Crippen LogP contribution >= 0.6 is 11.8 Å². The first-order chi connectivity index (χ1) is 9.31. The van der Waals surface area contributed by atoms with Gasteiger partial charge in [-0.25, -0.2) is 0 Å². The van der Waals surface area contributed by atoms with E-state index in [4.69, 9.17) is 4.74 Å². The zero-order valence-corrected chi connectivity index (χ0v) is 11.6. The van der Waals surface area contributed by atoms with Crippen LogP contribution in [0.25, 0.3) is 0 Å². The molecule has 0 amide bonds. The highest BCUT2D eigenvalue weighted by atomic mass is 32.2. The van der Waals surface area contributed by atoms with E-state index in [2.05, 4.69) is 0 Å². The van der Waals surface area contributed by atoms with Crippen LogP contribution in [0.2, 0.25) is 0 Å². The molecule has 108 valence electrons. The van der Waals surface area contributed by atoms with Crippen molar-refractivity contribution in [1.82, 2.24) is 0 Å². The molecule has 0 aliphatic heterocycles. The van der Waals surface area contributed by atoms with Gasteiger partial charge >= 0.3 is 5.97 Å². The molecular formula is C11H12N2O6S. The molecule has 0 bridgehead atoms. The van der Waals surface area contributed by atoms with Crippen LogP contribution in [0.5, 0.6) is 0 Å². The molecule has 0 aliphatic carbocycles. The molecule has 0 aromatic heterocycles. The van der Waals surface area contributed by atoms with E-state index in [9.17, 15) is 25.0 Å². The fourth-order valence-electron chi connectivity index (χ4n) is 1.41. The fraction of sp³-hybridized carbons (Fsp3) is 0.364. The number of non-ortho nitro benzene ring substituents is 1. The number of carbonyl (C=O) groups excluding carboxylic acids is 1. The summed E-state index contributed by atoms with van der Waals surface area (Å²) in [5.41, 5.74) is -0.673. The number of ether oxygens (including phenoxy) is 1. The maximum absolute atomic E-state index is 10.9. The van der Waals surface area contributed by atoms with E-state index in [1.165, 1.54) is 19.1 Å². The summed E-state index contributed by atoms with van der Waals surface area (Å²) in [5.74, 6) is -0.116. The topological polar surface area (TPSA) is 113 Å². The van der Waals surface area contributed by atoms with Crippen molar-refractivity contribution < 1.29 is 19.4 Å². The van der Waals surface area contributed by atoms with Crippen molar-refractivity contribution in [2.75, 3.05) is 5.75 Å². The van der Waals surface area contributed by atoms with Crippen LogP contribution < -0.4 is 0 Å². The number of hydrogen-bond donors (Lipinski definition) is 0. The van der Waals surface area contributed by atoms with Crippen LogP contribution in [-0.2, 0) is 9.53 Å². The van der Waals surface area contributed by atoms with E-state index in [0.29, 0.717) is 10.6 Å². The summed E-state index contributed by atoms with van der Waals surface area (Å²) in [6.07, 6.45) is -0.410. The van der Waals surface area contributed by atoms with Gasteiger partial charge in [-0.1, -0.05) is 0 Å². The number of carbonyl (C=O) groups is 1. The van der Waals surface area contributed by atoms with Gasteiger partial charge in [-0.05, 0) is 13.0 Å². The van der Waals surface area contributed by atoms with Gasteiger partial charge in [-0.3, -0.25) is 25.0 Å². The van der Waals surface area contributed by atoms with Crippen LogP contribution in [0, 0.1) is 20.2 Å². The van der Waals surface area contributed by atoms with E-state index in [1.54, 1.807) is 6.92 Å². The molecule has 20 heavy (non-hydrogen) atoms. The van der Waals surface area contributed by atoms with Gasteiger partial charge in [0, 0.05) is 18.7 Å². The molecule has 1 unspecified atom stereocenters. The Hall–Kier alpha value is -2.16. The number of benzene rings is 1. The number of hydrogen-bond acceptors (Lipinski definition) is 7. The first-order valence-electron chi connectivity index (χ1n) is 5.54. The lowest BCUT2D eigenvalue weighted by molar-refractivity contribution is -0.396. The summed E-state index contributed by atoms with van der Waals surface area (Å²) >= 11 is 1.10. The predicted octanol–water partition coefficient (Wildman–Crippen LogP) is 2.55. The molecule has 0 N–H and O–H groups in total. The quantitative estimate of drug-likeness (QED) is 0.343. The number of nitro benzene ring substituents is 2. The Bertz CT molecular complexity index is 548. The second-order valence-electron chi connectivity index (χ2n) is 3.90. The molecule has 1 aromatic carbocycles. The lowest BCUT2D eigenvalue weighted by atomic mass is 10.3. The molecular weight excluding hydrogens is 288 g/mol. The summed E-state index contributed by atoms with van der Waals surface area (Å²) in [4.78, 5) is 31.2. The van der Waals surface area contributed by atoms with Crippen LogP contribution in [-0.4, -0.2) is 27.7 Å². The van der Waals surface area contributed by atoms with E-state index >= 15 is 0 Å². The highest BCUT2D eigenvalue weighted by molar-refractivity contribution is 7.99. The molecule has 1 atom stereocenters. The normalized spacial score (nSPS) is 11.7. The molecule has 0 saturated carbocycles. The standard InChI is InChI=1S/C11H12N2O6S/c1-7(19-8(2)14)6-20-11-4-3-9(12(15)16)5-10(11)13(17)18/h3-5,7H,6H2,1-2H3. The molecule has 8 nitrogen and oxygen atoms in total. The van der Waals surface area contributed by atoms with Crippen LogP contribution in [0.1, 0.15) is 13.8 Å². The number of nitro groups is 2. The van der Waals surface area contributed by atoms with E-state index in [1.807, 2.05) is 0 Å². The Morgan fingerprint density at radius 2 is 2.00 bits per heavy atom. The van der Waals surface area contributed by atoms with Gasteiger partial charge in [0.1, 0.15) is 6.10 Å². The SMILES string of the molecule is CC(=O)OC(C)CSc1ccc([N+](=O)[O-])cc1[N+](=O)[O-]. The molecule has 0 fully saturated rings. The average molecular weight is 300 g/mol. The van der Waals surface area contributed by atoms with E-state index < -0.39 is 21.9 Å². The van der Waals surface area contributed by atoms with Crippen LogP contribution in [0.3, 0.4) is 0 Å². The number of nitrogens with zero attached hydrogens (tertiary/aromatic N) is 2. The summed E-state index contributed by atoms with van der Waals surface area (Å²) < 4.78 is 4.90. The summed E-state index contributed by atoms with van der Waals surface area (Å²) in [6.45, 7) is 2.93. The van der Waals surface area contributed by atoms with Crippen molar-refractivity contribution in [2.45, 2.75) is 24.8 Å². The first-order valence-corrected chi connectivity index (χ1v) is 6.52. The van der Waals surface area contributed by atoms with Crippen LogP contribution in [0.15, 0.2) is 23.1 Å². The third kappa shape index (κ3) is 4.50. The second kappa shape index (κ2) is 6.85. The highest BCUT2D eigenvalue weighted by Gasteiger charge is 2.20. The molecule has 1 aromatic rings. The molecule has 0 spiro atoms. The van der Waals surface area contributed by atoms with Gasteiger partial charge in [-0.15, -0.1) is 11.8 Å². The van der Waals surface area contributed by atoms with Crippen molar-refractivity contribution in [3.8, 4) is 0 Å². The molecule has 0 aliphatic rings. The maximum Gasteiger partial charge on any atom is 0.302 e. The van der Waals surface area contributed by atoms with Crippen molar-refractivity contribution in [3.05, 3.63) is 38.4 Å². The Kier molecular flexibility index (Phi) is 5.44.